The summed E-state index contributed by atoms with van der Waals surface area (Å²) in [5.41, 5.74) is -0.984. The Bertz CT molecular complexity index is 506. The molecule has 3 rings (SSSR count). The van der Waals surface area contributed by atoms with Crippen molar-refractivity contribution in [2.24, 2.45) is 0 Å². The van der Waals surface area contributed by atoms with Gasteiger partial charge in [-0.3, -0.25) is 19.7 Å². The minimum atomic E-state index is -0.984. The van der Waals surface area contributed by atoms with E-state index in [-0.39, 0.29) is 30.8 Å². The molecule has 0 aromatic carbocycles. The monoisotopic (exact) mass is 280 g/mol. The number of urea groups is 1. The zero-order chi connectivity index (χ0) is 14.3. The number of nitrogens with zero attached hydrogens (tertiary/aromatic N) is 2. The minimum absolute atomic E-state index is 0.000766. The van der Waals surface area contributed by atoms with Crippen LogP contribution in [0.2, 0.25) is 0 Å². The second kappa shape index (κ2) is 4.46. The number of imide groups is 1. The molecule has 1 spiro atoms. The van der Waals surface area contributed by atoms with Crippen molar-refractivity contribution in [3.8, 4) is 0 Å². The number of hydrogen-bond donors (Lipinski definition) is 2. The van der Waals surface area contributed by atoms with Gasteiger partial charge in [0.2, 0.25) is 11.8 Å². The van der Waals surface area contributed by atoms with E-state index in [4.69, 9.17) is 0 Å². The van der Waals surface area contributed by atoms with Crippen LogP contribution in [0.4, 0.5) is 4.79 Å². The molecule has 3 aliphatic rings. The molecule has 0 radical (unpaired) electrons. The van der Waals surface area contributed by atoms with Gasteiger partial charge >= 0.3 is 6.03 Å². The van der Waals surface area contributed by atoms with Crippen molar-refractivity contribution in [1.29, 1.82) is 0 Å². The first-order chi connectivity index (χ1) is 9.50. The fraction of sp³-hybridized carbons (Fsp3) is 0.667. The fourth-order valence-electron chi connectivity index (χ4n) is 2.97. The summed E-state index contributed by atoms with van der Waals surface area (Å²) in [5, 5.41) is 4.79. The lowest BCUT2D eigenvalue weighted by atomic mass is 10.00. The molecule has 5 amide bonds. The maximum absolute atomic E-state index is 12.2. The summed E-state index contributed by atoms with van der Waals surface area (Å²) in [4.78, 5) is 49.7. The Labute approximate surface area is 115 Å². The summed E-state index contributed by atoms with van der Waals surface area (Å²) >= 11 is 0. The number of likely N-dealkylation sites (tertiary alicyclic amines) is 2. The molecule has 0 saturated carbocycles. The van der Waals surface area contributed by atoms with Gasteiger partial charge in [0.15, 0.2) is 0 Å². The topological polar surface area (TPSA) is 98.8 Å². The Morgan fingerprint density at radius 1 is 1.25 bits per heavy atom. The number of carbonyl (C=O) groups is 4. The number of hydrogen-bond acceptors (Lipinski definition) is 4. The van der Waals surface area contributed by atoms with Crippen LogP contribution < -0.4 is 10.6 Å². The van der Waals surface area contributed by atoms with Gasteiger partial charge in [0.05, 0.1) is 13.1 Å². The van der Waals surface area contributed by atoms with E-state index in [1.165, 1.54) is 4.90 Å². The molecule has 1 atom stereocenters. The van der Waals surface area contributed by atoms with Gasteiger partial charge in [-0.2, -0.15) is 0 Å². The third-order valence-electron chi connectivity index (χ3n) is 4.13. The molecular weight excluding hydrogens is 264 g/mol. The lowest BCUT2D eigenvalue weighted by molar-refractivity contribution is -0.138. The van der Waals surface area contributed by atoms with Crippen LogP contribution in [0.3, 0.4) is 0 Å². The first kappa shape index (κ1) is 12.9. The van der Waals surface area contributed by atoms with Crippen LogP contribution in [0, 0.1) is 0 Å². The average molecular weight is 280 g/mol. The highest BCUT2D eigenvalue weighted by molar-refractivity contribution is 6.07. The maximum Gasteiger partial charge on any atom is 0.322 e. The van der Waals surface area contributed by atoms with Gasteiger partial charge in [0.25, 0.3) is 5.91 Å². The number of rotatable bonds is 2. The molecule has 108 valence electrons. The third kappa shape index (κ3) is 2.00. The second-order valence-electron chi connectivity index (χ2n) is 5.47. The van der Waals surface area contributed by atoms with Crippen molar-refractivity contribution in [2.75, 3.05) is 26.2 Å². The van der Waals surface area contributed by atoms with E-state index >= 15 is 0 Å². The van der Waals surface area contributed by atoms with Gasteiger partial charge in [-0.05, 0) is 12.8 Å². The normalized spacial score (nSPS) is 29.3. The fourth-order valence-corrected chi connectivity index (χ4v) is 2.97. The summed E-state index contributed by atoms with van der Waals surface area (Å²) in [6.45, 7) is 1.26. The van der Waals surface area contributed by atoms with Gasteiger partial charge in [0.1, 0.15) is 5.54 Å². The Balaban J connectivity index is 1.62. The molecule has 0 aliphatic carbocycles. The summed E-state index contributed by atoms with van der Waals surface area (Å²) < 4.78 is 0. The maximum atomic E-state index is 12.2. The molecule has 3 saturated heterocycles. The summed E-state index contributed by atoms with van der Waals surface area (Å²) in [6.07, 6.45) is 1.69. The van der Waals surface area contributed by atoms with E-state index in [9.17, 15) is 19.2 Å². The predicted octanol–water partition coefficient (Wildman–Crippen LogP) is -1.58. The zero-order valence-corrected chi connectivity index (χ0v) is 11.0. The predicted molar refractivity (Wildman–Crippen MR) is 66.4 cm³/mol. The summed E-state index contributed by atoms with van der Waals surface area (Å²) in [6, 6.07) is -0.515. The van der Waals surface area contributed by atoms with Crippen molar-refractivity contribution >= 4 is 23.8 Å². The first-order valence-corrected chi connectivity index (χ1v) is 6.69. The van der Waals surface area contributed by atoms with Crippen LogP contribution in [0.5, 0.6) is 0 Å². The lowest BCUT2D eigenvalue weighted by Crippen LogP contribution is -2.50. The molecule has 2 N–H and O–H groups in total. The van der Waals surface area contributed by atoms with Gasteiger partial charge in [0, 0.05) is 19.5 Å². The average Bonchev–Trinajstić information content (AvgIpc) is 3.04. The highest BCUT2D eigenvalue weighted by Gasteiger charge is 2.51. The molecule has 8 heteroatoms. The molecule has 8 nitrogen and oxygen atoms in total. The largest absolute Gasteiger partial charge is 0.338 e. The van der Waals surface area contributed by atoms with E-state index in [1.54, 1.807) is 4.90 Å². The standard InChI is InChI=1S/C12H16N4O4/c17-8-2-1-4-15(8)6-9(18)16-5-3-12(7-16)10(19)13-11(20)14-12/h1-7H2,(H2,13,14,19,20). The Morgan fingerprint density at radius 3 is 2.65 bits per heavy atom. The zero-order valence-electron chi connectivity index (χ0n) is 11.0. The molecule has 3 fully saturated rings. The van der Waals surface area contributed by atoms with Crippen LogP contribution in [-0.2, 0) is 14.4 Å². The third-order valence-corrected chi connectivity index (χ3v) is 4.13. The molecule has 0 aromatic heterocycles. The molecule has 3 heterocycles. The Kier molecular flexibility index (Phi) is 2.88. The van der Waals surface area contributed by atoms with Gasteiger partial charge in [-0.1, -0.05) is 0 Å². The molecular formula is C12H16N4O4. The number of nitrogens with one attached hydrogen (secondary N) is 2. The van der Waals surface area contributed by atoms with Crippen LogP contribution in [0.15, 0.2) is 0 Å². The van der Waals surface area contributed by atoms with Crippen molar-refractivity contribution in [3.05, 3.63) is 0 Å². The highest BCUT2D eigenvalue weighted by atomic mass is 16.2. The van der Waals surface area contributed by atoms with Crippen LogP contribution >= 0.6 is 0 Å². The van der Waals surface area contributed by atoms with E-state index < -0.39 is 11.6 Å². The Morgan fingerprint density at radius 2 is 2.05 bits per heavy atom. The minimum Gasteiger partial charge on any atom is -0.338 e. The number of carbonyl (C=O) groups excluding carboxylic acids is 4. The van der Waals surface area contributed by atoms with Crippen molar-refractivity contribution in [1.82, 2.24) is 20.4 Å². The van der Waals surface area contributed by atoms with Crippen LogP contribution in [-0.4, -0.2) is 65.3 Å². The van der Waals surface area contributed by atoms with Gasteiger partial charge in [-0.15, -0.1) is 0 Å². The second-order valence-corrected chi connectivity index (χ2v) is 5.47. The molecule has 0 aromatic rings. The quantitative estimate of drug-likeness (QED) is 0.596. The van der Waals surface area contributed by atoms with E-state index in [2.05, 4.69) is 10.6 Å². The smallest absolute Gasteiger partial charge is 0.322 e. The molecule has 20 heavy (non-hydrogen) atoms. The summed E-state index contributed by atoms with van der Waals surface area (Å²) in [7, 11) is 0. The lowest BCUT2D eigenvalue weighted by Gasteiger charge is -2.23. The summed E-state index contributed by atoms with van der Waals surface area (Å²) in [5.74, 6) is -0.555. The Hall–Kier alpha value is -2.12. The number of amides is 5. The van der Waals surface area contributed by atoms with E-state index in [1.807, 2.05) is 0 Å². The molecule has 3 aliphatic heterocycles. The van der Waals surface area contributed by atoms with E-state index in [0.717, 1.165) is 6.42 Å². The van der Waals surface area contributed by atoms with Gasteiger partial charge < -0.3 is 15.1 Å². The van der Waals surface area contributed by atoms with Crippen LogP contribution in [0.25, 0.3) is 0 Å². The highest BCUT2D eigenvalue weighted by Crippen LogP contribution is 2.25. The first-order valence-electron chi connectivity index (χ1n) is 6.69. The molecule has 0 bridgehead atoms. The van der Waals surface area contributed by atoms with Crippen molar-refractivity contribution in [3.63, 3.8) is 0 Å². The van der Waals surface area contributed by atoms with Crippen molar-refractivity contribution in [2.45, 2.75) is 24.8 Å². The SMILES string of the molecule is O=C1NC(=O)C2(CCN(C(=O)CN3CCCC3=O)C2)N1. The van der Waals surface area contributed by atoms with Crippen LogP contribution in [0.1, 0.15) is 19.3 Å². The van der Waals surface area contributed by atoms with E-state index in [0.29, 0.717) is 25.9 Å². The van der Waals surface area contributed by atoms with Crippen molar-refractivity contribution < 1.29 is 19.2 Å². The molecule has 1 unspecified atom stereocenters. The van der Waals surface area contributed by atoms with Gasteiger partial charge in [-0.25, -0.2) is 4.79 Å².